The number of rotatable bonds is 2. The lowest BCUT2D eigenvalue weighted by atomic mass is 10.1. The quantitative estimate of drug-likeness (QED) is 0.767. The molecule has 0 N–H and O–H groups in total. The van der Waals surface area contributed by atoms with Crippen LogP contribution in [0.1, 0.15) is 19.0 Å². The topological polar surface area (TPSA) is 16.1 Å². The van der Waals surface area contributed by atoms with Crippen molar-refractivity contribution in [1.29, 1.82) is 0 Å². The van der Waals surface area contributed by atoms with Crippen molar-refractivity contribution < 1.29 is 0 Å². The molecule has 2 atom stereocenters. The Bertz CT molecular complexity index is 340. The average Bonchev–Trinajstić information content (AvgIpc) is 2.60. The number of alkyl halides is 1. The summed E-state index contributed by atoms with van der Waals surface area (Å²) in [6.45, 7) is 6.58. The summed E-state index contributed by atoms with van der Waals surface area (Å²) in [5.41, 5.74) is 2.40. The summed E-state index contributed by atoms with van der Waals surface area (Å²) in [5, 5.41) is 0. The Morgan fingerprint density at radius 2 is 2.33 bits per heavy atom. The normalized spacial score (nSPS) is 25.9. The molecule has 2 rings (SSSR count). The molecule has 1 aliphatic rings. The first-order chi connectivity index (χ1) is 7.20. The predicted molar refractivity (Wildman–Crippen MR) is 67.7 cm³/mol. The summed E-state index contributed by atoms with van der Waals surface area (Å²) in [4.78, 5) is 7.31. The Morgan fingerprint density at radius 3 is 2.93 bits per heavy atom. The molecule has 0 aliphatic carbocycles. The van der Waals surface area contributed by atoms with E-state index in [4.69, 9.17) is 0 Å². The molecule has 0 spiro atoms. The first-order valence-electron chi connectivity index (χ1n) is 5.52. The van der Waals surface area contributed by atoms with Gasteiger partial charge in [-0.2, -0.15) is 0 Å². The van der Waals surface area contributed by atoms with E-state index in [0.29, 0.717) is 4.83 Å². The molecule has 82 valence electrons. The molecule has 2 nitrogen and oxygen atoms in total. The van der Waals surface area contributed by atoms with E-state index in [9.17, 15) is 0 Å². The number of hydrogen-bond donors (Lipinski definition) is 0. The second-order valence-corrected chi connectivity index (χ2v) is 5.42. The third-order valence-corrected chi connectivity index (χ3v) is 4.17. The number of hydrogen-bond acceptors (Lipinski definition) is 2. The van der Waals surface area contributed by atoms with E-state index >= 15 is 0 Å². The molecule has 2 unspecified atom stereocenters. The van der Waals surface area contributed by atoms with Gasteiger partial charge < -0.3 is 4.90 Å². The molecule has 0 radical (unpaired) electrons. The molecular formula is C12H17BrN2. The van der Waals surface area contributed by atoms with E-state index in [1.54, 1.807) is 0 Å². The molecule has 15 heavy (non-hydrogen) atoms. The van der Waals surface area contributed by atoms with Crippen molar-refractivity contribution in [3.8, 4) is 0 Å². The largest absolute Gasteiger partial charge is 0.370 e. The van der Waals surface area contributed by atoms with E-state index in [0.717, 1.165) is 24.7 Å². The van der Waals surface area contributed by atoms with E-state index < -0.39 is 0 Å². The van der Waals surface area contributed by atoms with Crippen molar-refractivity contribution in [3.05, 3.63) is 24.0 Å². The minimum atomic E-state index is 0.635. The minimum Gasteiger partial charge on any atom is -0.370 e. The number of halogens is 1. The van der Waals surface area contributed by atoms with Crippen LogP contribution in [0.3, 0.4) is 0 Å². The molecule has 0 saturated carbocycles. The molecule has 1 aromatic heterocycles. The number of anilines is 1. The van der Waals surface area contributed by atoms with Crippen LogP contribution >= 0.6 is 15.9 Å². The van der Waals surface area contributed by atoms with Gasteiger partial charge in [0, 0.05) is 35.5 Å². The summed E-state index contributed by atoms with van der Waals surface area (Å²) >= 11 is 3.76. The van der Waals surface area contributed by atoms with Crippen LogP contribution in [0.15, 0.2) is 18.3 Å². The summed E-state index contributed by atoms with van der Waals surface area (Å²) in [6, 6.07) is 4.27. The molecule has 0 bridgehead atoms. The number of nitrogens with zero attached hydrogens (tertiary/aromatic N) is 2. The second-order valence-electron chi connectivity index (χ2n) is 4.24. The lowest BCUT2D eigenvalue weighted by molar-refractivity contribution is 0.585. The Balaban J connectivity index is 2.13. The molecule has 1 aromatic rings. The van der Waals surface area contributed by atoms with Gasteiger partial charge in [-0.15, -0.1) is 0 Å². The smallest absolute Gasteiger partial charge is 0.0400 e. The average molecular weight is 269 g/mol. The van der Waals surface area contributed by atoms with Crippen molar-refractivity contribution in [2.24, 2.45) is 5.92 Å². The predicted octanol–water partition coefficient (Wildman–Crippen LogP) is 3.00. The summed E-state index contributed by atoms with van der Waals surface area (Å²) in [6.07, 6.45) is 3.14. The molecule has 0 aromatic carbocycles. The Kier molecular flexibility index (Phi) is 3.29. The van der Waals surface area contributed by atoms with E-state index in [1.807, 2.05) is 13.1 Å². The van der Waals surface area contributed by atoms with Crippen LogP contribution in [0.4, 0.5) is 5.69 Å². The van der Waals surface area contributed by atoms with E-state index in [1.165, 1.54) is 12.1 Å². The third-order valence-electron chi connectivity index (χ3n) is 3.13. The Hall–Kier alpha value is -0.570. The zero-order valence-corrected chi connectivity index (χ0v) is 10.9. The van der Waals surface area contributed by atoms with Crippen LogP contribution in [0.25, 0.3) is 0 Å². The highest BCUT2D eigenvalue weighted by Crippen LogP contribution is 2.30. The highest BCUT2D eigenvalue weighted by molar-refractivity contribution is 9.09. The van der Waals surface area contributed by atoms with Crippen molar-refractivity contribution in [3.63, 3.8) is 0 Å². The van der Waals surface area contributed by atoms with Gasteiger partial charge in [-0.3, -0.25) is 4.98 Å². The van der Waals surface area contributed by atoms with Gasteiger partial charge in [-0.1, -0.05) is 29.3 Å². The van der Waals surface area contributed by atoms with Gasteiger partial charge in [0.2, 0.25) is 0 Å². The van der Waals surface area contributed by atoms with Gasteiger partial charge >= 0.3 is 0 Å². The molecule has 1 fully saturated rings. The molecule has 0 amide bonds. The fraction of sp³-hybridized carbons (Fsp3) is 0.583. The van der Waals surface area contributed by atoms with E-state index in [2.05, 4.69) is 44.9 Å². The van der Waals surface area contributed by atoms with Crippen LogP contribution in [0, 0.1) is 12.8 Å². The maximum atomic E-state index is 4.23. The second kappa shape index (κ2) is 4.52. The highest BCUT2D eigenvalue weighted by Gasteiger charge is 2.29. The van der Waals surface area contributed by atoms with Gasteiger partial charge in [-0.05, 0) is 25.0 Å². The van der Waals surface area contributed by atoms with Crippen molar-refractivity contribution in [2.45, 2.75) is 25.1 Å². The number of aromatic nitrogens is 1. The van der Waals surface area contributed by atoms with Crippen LogP contribution in [-0.2, 0) is 0 Å². The van der Waals surface area contributed by atoms with E-state index in [-0.39, 0.29) is 0 Å². The van der Waals surface area contributed by atoms with Gasteiger partial charge in [0.1, 0.15) is 0 Å². The Morgan fingerprint density at radius 1 is 1.53 bits per heavy atom. The SMILES string of the molecule is CCC1CN(c2ccnc(C)c2)CC1Br. The maximum Gasteiger partial charge on any atom is 0.0400 e. The van der Waals surface area contributed by atoms with Crippen LogP contribution in [0.2, 0.25) is 0 Å². The van der Waals surface area contributed by atoms with Crippen LogP contribution in [-0.4, -0.2) is 22.9 Å². The molecule has 3 heteroatoms. The fourth-order valence-corrected chi connectivity index (χ4v) is 3.05. The standard InChI is InChI=1S/C12H17BrN2/c1-3-10-7-15(8-12(10)13)11-4-5-14-9(2)6-11/h4-6,10,12H,3,7-8H2,1-2H3. The zero-order chi connectivity index (χ0) is 10.8. The Labute approximate surface area is 99.8 Å². The van der Waals surface area contributed by atoms with Gasteiger partial charge in [0.25, 0.3) is 0 Å². The van der Waals surface area contributed by atoms with Crippen LogP contribution < -0.4 is 4.90 Å². The summed E-state index contributed by atoms with van der Waals surface area (Å²) < 4.78 is 0. The van der Waals surface area contributed by atoms with Crippen LogP contribution in [0.5, 0.6) is 0 Å². The van der Waals surface area contributed by atoms with Crippen molar-refractivity contribution in [1.82, 2.24) is 4.98 Å². The molecular weight excluding hydrogens is 252 g/mol. The van der Waals surface area contributed by atoms with Crippen molar-refractivity contribution >= 4 is 21.6 Å². The fourth-order valence-electron chi connectivity index (χ4n) is 2.15. The summed E-state index contributed by atoms with van der Waals surface area (Å²) in [5.74, 6) is 0.776. The first kappa shape index (κ1) is 10.9. The number of aryl methyl sites for hydroxylation is 1. The lowest BCUT2D eigenvalue weighted by Gasteiger charge is -2.18. The molecule has 1 aliphatic heterocycles. The zero-order valence-electron chi connectivity index (χ0n) is 9.28. The maximum absolute atomic E-state index is 4.23. The van der Waals surface area contributed by atoms with Gasteiger partial charge in [0.15, 0.2) is 0 Å². The first-order valence-corrected chi connectivity index (χ1v) is 6.44. The molecule has 2 heterocycles. The molecule has 1 saturated heterocycles. The third kappa shape index (κ3) is 2.33. The monoisotopic (exact) mass is 268 g/mol. The van der Waals surface area contributed by atoms with Gasteiger partial charge in [-0.25, -0.2) is 0 Å². The highest BCUT2D eigenvalue weighted by atomic mass is 79.9. The summed E-state index contributed by atoms with van der Waals surface area (Å²) in [7, 11) is 0. The minimum absolute atomic E-state index is 0.635. The van der Waals surface area contributed by atoms with Gasteiger partial charge in [0.05, 0.1) is 0 Å². The lowest BCUT2D eigenvalue weighted by Crippen LogP contribution is -2.20. The number of pyridine rings is 1. The van der Waals surface area contributed by atoms with Crippen molar-refractivity contribution in [2.75, 3.05) is 18.0 Å².